The van der Waals surface area contributed by atoms with Crippen LogP contribution in [0.5, 0.6) is 5.75 Å². The average Bonchev–Trinajstić information content (AvgIpc) is 2.62. The highest BCUT2D eigenvalue weighted by molar-refractivity contribution is 5.41. The van der Waals surface area contributed by atoms with Crippen molar-refractivity contribution >= 4 is 0 Å². The molecule has 3 rings (SSSR count). The average molecular weight is 189 g/mol. The molecule has 0 amide bonds. The minimum absolute atomic E-state index is 0.570. The van der Waals surface area contributed by atoms with Gasteiger partial charge in [0, 0.05) is 19.0 Å². The minimum atomic E-state index is 0.570. The van der Waals surface area contributed by atoms with Crippen molar-refractivity contribution in [2.24, 2.45) is 5.92 Å². The Hall–Kier alpha value is -1.02. The zero-order valence-corrected chi connectivity index (χ0v) is 8.42. The Kier molecular flexibility index (Phi) is 1.77. The number of nitrogens with one attached hydrogen (secondary N) is 1. The molecular weight excluding hydrogens is 174 g/mol. The van der Waals surface area contributed by atoms with E-state index in [4.69, 9.17) is 4.74 Å². The van der Waals surface area contributed by atoms with E-state index in [0.29, 0.717) is 6.04 Å². The van der Waals surface area contributed by atoms with Gasteiger partial charge in [-0.3, -0.25) is 0 Å². The first-order valence-electron chi connectivity index (χ1n) is 5.33. The number of benzene rings is 1. The fraction of sp³-hybridized carbons (Fsp3) is 0.500. The quantitative estimate of drug-likeness (QED) is 0.728. The van der Waals surface area contributed by atoms with Crippen LogP contribution in [0.4, 0.5) is 0 Å². The fourth-order valence-corrected chi connectivity index (χ4v) is 2.32. The summed E-state index contributed by atoms with van der Waals surface area (Å²) in [4.78, 5) is 0. The van der Waals surface area contributed by atoms with Crippen molar-refractivity contribution in [2.45, 2.75) is 19.4 Å². The summed E-state index contributed by atoms with van der Waals surface area (Å²) >= 11 is 0. The van der Waals surface area contributed by atoms with Crippen LogP contribution < -0.4 is 10.1 Å². The third-order valence-electron chi connectivity index (χ3n) is 3.30. The Morgan fingerprint density at radius 2 is 2.36 bits per heavy atom. The van der Waals surface area contributed by atoms with E-state index in [1.807, 2.05) is 0 Å². The molecule has 1 saturated heterocycles. The maximum Gasteiger partial charge on any atom is 0.122 e. The maximum absolute atomic E-state index is 5.49. The first-order valence-corrected chi connectivity index (χ1v) is 5.33. The molecule has 2 unspecified atom stereocenters. The Balaban J connectivity index is 1.92. The first-order chi connectivity index (χ1) is 6.84. The van der Waals surface area contributed by atoms with Gasteiger partial charge >= 0.3 is 0 Å². The van der Waals surface area contributed by atoms with Crippen LogP contribution in [0.3, 0.4) is 0 Å². The Morgan fingerprint density at radius 1 is 1.43 bits per heavy atom. The predicted octanol–water partition coefficient (Wildman–Crippen LogP) is 1.90. The molecule has 2 atom stereocenters. The number of fused-ring (bicyclic) bond motifs is 1. The molecule has 0 spiro atoms. The van der Waals surface area contributed by atoms with E-state index in [9.17, 15) is 0 Å². The summed E-state index contributed by atoms with van der Waals surface area (Å²) in [5.41, 5.74) is 2.80. The lowest BCUT2D eigenvalue weighted by atomic mass is 9.87. The molecule has 1 N–H and O–H groups in total. The Labute approximate surface area is 84.3 Å². The molecule has 2 nitrogen and oxygen atoms in total. The highest BCUT2D eigenvalue weighted by Gasteiger charge is 2.28. The van der Waals surface area contributed by atoms with Gasteiger partial charge in [0.1, 0.15) is 5.75 Å². The van der Waals surface area contributed by atoms with Crippen molar-refractivity contribution < 1.29 is 4.74 Å². The van der Waals surface area contributed by atoms with E-state index in [1.54, 1.807) is 0 Å². The molecule has 0 aromatic heterocycles. The summed E-state index contributed by atoms with van der Waals surface area (Å²) < 4.78 is 5.49. The number of rotatable bonds is 1. The molecule has 2 aliphatic heterocycles. The SMILES string of the molecule is CC1CNC1c1ccc2c(c1)CCO2. The number of hydrogen-bond acceptors (Lipinski definition) is 2. The van der Waals surface area contributed by atoms with Gasteiger partial charge in [-0.15, -0.1) is 0 Å². The van der Waals surface area contributed by atoms with E-state index < -0.39 is 0 Å². The molecule has 2 heteroatoms. The van der Waals surface area contributed by atoms with Crippen molar-refractivity contribution in [3.63, 3.8) is 0 Å². The van der Waals surface area contributed by atoms with Gasteiger partial charge < -0.3 is 10.1 Å². The van der Waals surface area contributed by atoms with E-state index in [2.05, 4.69) is 30.4 Å². The Morgan fingerprint density at radius 3 is 3.07 bits per heavy atom. The van der Waals surface area contributed by atoms with E-state index in [-0.39, 0.29) is 0 Å². The number of hydrogen-bond donors (Lipinski definition) is 1. The van der Waals surface area contributed by atoms with Crippen LogP contribution in [0.1, 0.15) is 24.1 Å². The molecule has 2 aliphatic rings. The van der Waals surface area contributed by atoms with Crippen LogP contribution in [-0.4, -0.2) is 13.2 Å². The molecule has 0 aliphatic carbocycles. The highest BCUT2D eigenvalue weighted by Crippen LogP contribution is 2.33. The molecule has 2 heterocycles. The standard InChI is InChI=1S/C12H15NO/c1-8-7-13-12(8)10-2-3-11-9(6-10)4-5-14-11/h2-3,6,8,12-13H,4-5,7H2,1H3. The van der Waals surface area contributed by atoms with Gasteiger partial charge in [-0.2, -0.15) is 0 Å². The number of ether oxygens (including phenoxy) is 1. The summed E-state index contributed by atoms with van der Waals surface area (Å²) in [5, 5.41) is 3.46. The zero-order valence-electron chi connectivity index (χ0n) is 8.42. The van der Waals surface area contributed by atoms with Gasteiger partial charge in [-0.25, -0.2) is 0 Å². The van der Waals surface area contributed by atoms with E-state index >= 15 is 0 Å². The molecule has 0 radical (unpaired) electrons. The van der Waals surface area contributed by atoms with Gasteiger partial charge in [0.25, 0.3) is 0 Å². The Bertz CT molecular complexity index is 361. The van der Waals surface area contributed by atoms with Crippen molar-refractivity contribution in [1.82, 2.24) is 5.32 Å². The molecule has 0 bridgehead atoms. The second kappa shape index (κ2) is 2.99. The van der Waals surface area contributed by atoms with Crippen LogP contribution in [-0.2, 0) is 6.42 Å². The molecule has 1 aromatic carbocycles. The monoisotopic (exact) mass is 189 g/mol. The van der Waals surface area contributed by atoms with Crippen molar-refractivity contribution in [2.75, 3.05) is 13.2 Å². The lowest BCUT2D eigenvalue weighted by Gasteiger charge is -2.36. The van der Waals surface area contributed by atoms with Crippen LogP contribution in [0.2, 0.25) is 0 Å². The maximum atomic E-state index is 5.49. The molecule has 1 fully saturated rings. The minimum Gasteiger partial charge on any atom is -0.493 e. The van der Waals surface area contributed by atoms with Gasteiger partial charge in [0.15, 0.2) is 0 Å². The third-order valence-corrected chi connectivity index (χ3v) is 3.30. The summed E-state index contributed by atoms with van der Waals surface area (Å²) in [5.74, 6) is 1.86. The second-order valence-corrected chi connectivity index (χ2v) is 4.33. The summed E-state index contributed by atoms with van der Waals surface area (Å²) in [6, 6.07) is 7.18. The van der Waals surface area contributed by atoms with Crippen LogP contribution in [0, 0.1) is 5.92 Å². The predicted molar refractivity (Wildman–Crippen MR) is 55.5 cm³/mol. The van der Waals surface area contributed by atoms with Crippen molar-refractivity contribution in [1.29, 1.82) is 0 Å². The van der Waals surface area contributed by atoms with Gasteiger partial charge in [0.05, 0.1) is 6.61 Å². The largest absolute Gasteiger partial charge is 0.493 e. The van der Waals surface area contributed by atoms with E-state index in [1.165, 1.54) is 11.1 Å². The molecule has 0 saturated carbocycles. The molecule has 1 aromatic rings. The summed E-state index contributed by atoms with van der Waals surface area (Å²) in [6.45, 7) is 4.30. The third kappa shape index (κ3) is 1.14. The van der Waals surface area contributed by atoms with Crippen molar-refractivity contribution in [3.8, 4) is 5.75 Å². The summed E-state index contributed by atoms with van der Waals surface area (Å²) in [6.07, 6.45) is 1.07. The van der Waals surface area contributed by atoms with Crippen molar-refractivity contribution in [3.05, 3.63) is 29.3 Å². The lowest BCUT2D eigenvalue weighted by Crippen LogP contribution is -2.43. The normalized spacial score (nSPS) is 29.2. The molecule has 14 heavy (non-hydrogen) atoms. The fourth-order valence-electron chi connectivity index (χ4n) is 2.32. The highest BCUT2D eigenvalue weighted by atomic mass is 16.5. The molecule has 74 valence electrons. The van der Waals surface area contributed by atoms with Crippen LogP contribution in [0.25, 0.3) is 0 Å². The van der Waals surface area contributed by atoms with E-state index in [0.717, 1.165) is 31.2 Å². The topological polar surface area (TPSA) is 21.3 Å². The summed E-state index contributed by atoms with van der Waals surface area (Å²) in [7, 11) is 0. The smallest absolute Gasteiger partial charge is 0.122 e. The first kappa shape index (κ1) is 8.30. The van der Waals surface area contributed by atoms with Crippen LogP contribution >= 0.6 is 0 Å². The molecular formula is C12H15NO. The zero-order chi connectivity index (χ0) is 9.54. The van der Waals surface area contributed by atoms with Gasteiger partial charge in [-0.05, 0) is 23.1 Å². The lowest BCUT2D eigenvalue weighted by molar-refractivity contribution is 0.258. The van der Waals surface area contributed by atoms with Gasteiger partial charge in [-0.1, -0.05) is 19.1 Å². The second-order valence-electron chi connectivity index (χ2n) is 4.33. The van der Waals surface area contributed by atoms with Crippen LogP contribution in [0.15, 0.2) is 18.2 Å². The van der Waals surface area contributed by atoms with Gasteiger partial charge in [0.2, 0.25) is 0 Å².